The number of allylic oxidation sites excluding steroid dienone is 1. The van der Waals surface area contributed by atoms with Crippen molar-refractivity contribution in [1.29, 1.82) is 0 Å². The molecule has 4 heterocycles. The lowest BCUT2D eigenvalue weighted by Crippen LogP contribution is -1.97. The van der Waals surface area contributed by atoms with E-state index in [0.717, 1.165) is 68.6 Å². The van der Waals surface area contributed by atoms with Crippen LogP contribution in [0.2, 0.25) is 0 Å². The number of nitrogens with zero attached hydrogens (tertiary/aromatic N) is 4. The summed E-state index contributed by atoms with van der Waals surface area (Å²) >= 11 is 4.96. The summed E-state index contributed by atoms with van der Waals surface area (Å²) in [6, 6.07) is 17.8. The maximum Gasteiger partial charge on any atom is 0.116 e. The molecule has 0 radical (unpaired) electrons. The zero-order chi connectivity index (χ0) is 31.0. The summed E-state index contributed by atoms with van der Waals surface area (Å²) in [6.45, 7) is 13.5. The van der Waals surface area contributed by atoms with Gasteiger partial charge in [0.15, 0.2) is 0 Å². The summed E-state index contributed by atoms with van der Waals surface area (Å²) in [5.74, 6) is 1.14. The second kappa shape index (κ2) is 10.9. The van der Waals surface area contributed by atoms with Gasteiger partial charge < -0.3 is 0 Å². The molecule has 1 aliphatic rings. The minimum absolute atomic E-state index is 0.556. The van der Waals surface area contributed by atoms with Crippen LogP contribution < -0.4 is 0 Å². The largest absolute Gasteiger partial charge is 0.243 e. The second-order valence-corrected chi connectivity index (χ2v) is 15.8. The first kappa shape index (κ1) is 28.7. The van der Waals surface area contributed by atoms with Gasteiger partial charge in [-0.1, -0.05) is 70.2 Å². The summed E-state index contributed by atoms with van der Waals surface area (Å²) < 4.78 is 9.96. The molecule has 0 spiro atoms. The first-order chi connectivity index (χ1) is 21.8. The van der Waals surface area contributed by atoms with Crippen LogP contribution in [0.25, 0.3) is 82.3 Å². The van der Waals surface area contributed by atoms with Gasteiger partial charge in [0.2, 0.25) is 0 Å². The molecule has 0 fully saturated rings. The van der Waals surface area contributed by atoms with Gasteiger partial charge in [-0.2, -0.15) is 8.75 Å². The molecular formula is C38H34N4S3. The van der Waals surface area contributed by atoms with Gasteiger partial charge in [0, 0.05) is 47.1 Å². The summed E-state index contributed by atoms with van der Waals surface area (Å²) in [5.41, 5.74) is 12.8. The average molecular weight is 643 g/mol. The minimum atomic E-state index is 0.556. The highest BCUT2D eigenvalue weighted by Gasteiger charge is 2.30. The molecule has 0 aliphatic heterocycles. The monoisotopic (exact) mass is 642 g/mol. The van der Waals surface area contributed by atoms with Crippen LogP contribution in [-0.4, -0.2) is 18.7 Å². The van der Waals surface area contributed by atoms with Crippen molar-refractivity contribution in [3.05, 3.63) is 75.5 Å². The van der Waals surface area contributed by atoms with Crippen molar-refractivity contribution >= 4 is 73.3 Å². The zero-order valence-electron chi connectivity index (χ0n) is 26.4. The van der Waals surface area contributed by atoms with Gasteiger partial charge in [-0.25, -0.2) is 9.97 Å². The Labute approximate surface area is 275 Å². The van der Waals surface area contributed by atoms with E-state index in [-0.39, 0.29) is 0 Å². The van der Waals surface area contributed by atoms with Gasteiger partial charge in [-0.15, -0.1) is 22.7 Å². The van der Waals surface area contributed by atoms with Crippen molar-refractivity contribution in [3.8, 4) is 43.4 Å². The molecular weight excluding hydrogens is 609 g/mol. The van der Waals surface area contributed by atoms with E-state index in [1.807, 2.05) is 22.7 Å². The highest BCUT2D eigenvalue weighted by molar-refractivity contribution is 7.17. The fourth-order valence-electron chi connectivity index (χ4n) is 6.85. The lowest BCUT2D eigenvalue weighted by molar-refractivity contribution is 0.647. The summed E-state index contributed by atoms with van der Waals surface area (Å²) in [5, 5.41) is 2.46. The third-order valence-corrected chi connectivity index (χ3v) is 11.5. The third kappa shape index (κ3) is 4.58. The minimum Gasteiger partial charge on any atom is -0.243 e. The molecule has 4 nitrogen and oxygen atoms in total. The number of hydrogen-bond acceptors (Lipinski definition) is 7. The van der Waals surface area contributed by atoms with Crippen LogP contribution in [-0.2, 0) is 12.8 Å². The number of fused-ring (bicyclic) bond motifs is 5. The normalized spacial score (nSPS) is 12.7. The molecule has 0 amide bonds. The average Bonchev–Trinajstić information content (AvgIpc) is 3.78. The Morgan fingerprint density at radius 3 is 1.84 bits per heavy atom. The van der Waals surface area contributed by atoms with Crippen LogP contribution in [0, 0.1) is 18.8 Å². The van der Waals surface area contributed by atoms with Crippen LogP contribution in [0.5, 0.6) is 0 Å². The first-order valence-corrected chi connectivity index (χ1v) is 18.1. The first-order valence-electron chi connectivity index (χ1n) is 15.7. The Hall–Kier alpha value is -3.78. The van der Waals surface area contributed by atoms with Crippen molar-refractivity contribution in [2.75, 3.05) is 0 Å². The summed E-state index contributed by atoms with van der Waals surface area (Å²) in [7, 11) is 0. The van der Waals surface area contributed by atoms with Crippen LogP contribution >= 0.6 is 34.4 Å². The van der Waals surface area contributed by atoms with Gasteiger partial charge in [0.05, 0.1) is 23.1 Å². The zero-order valence-corrected chi connectivity index (χ0v) is 28.8. The summed E-state index contributed by atoms with van der Waals surface area (Å²) in [6.07, 6.45) is 6.45. The van der Waals surface area contributed by atoms with E-state index in [9.17, 15) is 0 Å². The third-order valence-electron chi connectivity index (χ3n) is 8.68. The van der Waals surface area contributed by atoms with Gasteiger partial charge in [-0.3, -0.25) is 0 Å². The van der Waals surface area contributed by atoms with Crippen LogP contribution in [0.15, 0.2) is 54.6 Å². The number of hydrogen-bond donors (Lipinski definition) is 0. The highest BCUT2D eigenvalue weighted by atomic mass is 32.1. The quantitative estimate of drug-likeness (QED) is 0.174. The van der Waals surface area contributed by atoms with Crippen molar-refractivity contribution in [3.63, 3.8) is 0 Å². The molecule has 0 atom stereocenters. The standard InChI is InChI=1S/C38H34N4S3/c1-7-10-27-24(16-20(4)5)18-29(44-27)32-36-35(39-33-25-13-8-11-22-12-9-14-26(30(22)25)34(33)40-36)31(37-38(32)42-45-41-37)28-17-23(15-19(2)3)21(6)43-28/h7-14,17-20H,15-16H2,1-6H3/b10-7+. The molecule has 0 saturated carbocycles. The predicted octanol–water partition coefficient (Wildman–Crippen LogP) is 11.6. The van der Waals surface area contributed by atoms with E-state index >= 15 is 0 Å². The number of aromatic nitrogens is 4. The van der Waals surface area contributed by atoms with Crippen molar-refractivity contribution in [2.24, 2.45) is 11.8 Å². The van der Waals surface area contributed by atoms with Gasteiger partial charge >= 0.3 is 0 Å². The molecule has 224 valence electrons. The second-order valence-electron chi connectivity index (χ2n) is 12.9. The SMILES string of the molecule is C/C=C/c1sc(-c2c3nsnc3c(-c3cc(CC(C)C)c(C)s3)c3nc4c(nc23)-c2cccc3cccc-4c23)cc1CC(C)C. The highest BCUT2D eigenvalue weighted by Crippen LogP contribution is 2.51. The smallest absolute Gasteiger partial charge is 0.116 e. The molecule has 45 heavy (non-hydrogen) atoms. The molecule has 8 rings (SSSR count). The van der Waals surface area contributed by atoms with E-state index in [1.54, 1.807) is 0 Å². The molecule has 1 aliphatic carbocycles. The molecule has 7 aromatic rings. The van der Waals surface area contributed by atoms with E-state index in [0.29, 0.717) is 11.8 Å². The Balaban J connectivity index is 1.49. The molecule has 0 bridgehead atoms. The Kier molecular flexibility index (Phi) is 6.97. The number of thiophene rings is 2. The van der Waals surface area contributed by atoms with E-state index in [2.05, 4.69) is 102 Å². The Morgan fingerprint density at radius 1 is 0.711 bits per heavy atom. The number of rotatable bonds is 7. The molecule has 0 N–H and O–H groups in total. The maximum atomic E-state index is 5.58. The topological polar surface area (TPSA) is 51.6 Å². The van der Waals surface area contributed by atoms with Gasteiger partial charge in [0.1, 0.15) is 22.1 Å². The van der Waals surface area contributed by atoms with Crippen molar-refractivity contribution in [1.82, 2.24) is 18.7 Å². The summed E-state index contributed by atoms with van der Waals surface area (Å²) in [4.78, 5) is 16.2. The van der Waals surface area contributed by atoms with Gasteiger partial charge in [-0.05, 0) is 73.2 Å². The maximum absolute atomic E-state index is 5.58. The fraction of sp³-hybridized carbons (Fsp3) is 0.263. The lowest BCUT2D eigenvalue weighted by atomic mass is 9.98. The van der Waals surface area contributed by atoms with Crippen LogP contribution in [0.3, 0.4) is 0 Å². The predicted molar refractivity (Wildman–Crippen MR) is 196 cm³/mol. The molecule has 4 aromatic heterocycles. The Bertz CT molecular complexity index is 2310. The molecule has 0 unspecified atom stereocenters. The lowest BCUT2D eigenvalue weighted by Gasteiger charge is -2.12. The van der Waals surface area contributed by atoms with Crippen molar-refractivity contribution < 1.29 is 0 Å². The van der Waals surface area contributed by atoms with E-state index in [4.69, 9.17) is 18.7 Å². The fourth-order valence-corrected chi connectivity index (χ4v) is 9.72. The van der Waals surface area contributed by atoms with Gasteiger partial charge in [0.25, 0.3) is 0 Å². The Morgan fingerprint density at radius 2 is 1.27 bits per heavy atom. The van der Waals surface area contributed by atoms with Crippen molar-refractivity contribution in [2.45, 2.75) is 54.4 Å². The number of benzene rings is 3. The van der Waals surface area contributed by atoms with E-state index < -0.39 is 0 Å². The van der Waals surface area contributed by atoms with Crippen LogP contribution in [0.4, 0.5) is 0 Å². The van der Waals surface area contributed by atoms with Crippen LogP contribution in [0.1, 0.15) is 55.5 Å². The molecule has 7 heteroatoms. The molecule has 0 saturated heterocycles. The number of aryl methyl sites for hydroxylation is 1. The van der Waals surface area contributed by atoms with E-state index in [1.165, 1.54) is 53.1 Å². The molecule has 3 aromatic carbocycles.